The molecule has 2 radical (unpaired) electrons. The summed E-state index contributed by atoms with van der Waals surface area (Å²) in [5.74, 6) is 0. The quantitative estimate of drug-likeness (QED) is 0.649. The monoisotopic (exact) mass is 159 g/mol. The van der Waals surface area contributed by atoms with E-state index in [4.69, 9.17) is 7.05 Å². The molecular formula is C9H9N3. The maximum absolute atomic E-state index is 5.20. The summed E-state index contributed by atoms with van der Waals surface area (Å²) >= 11 is 0. The van der Waals surface area contributed by atoms with Crippen molar-refractivity contribution in [1.82, 2.24) is 15.3 Å². The van der Waals surface area contributed by atoms with Crippen LogP contribution in [-0.2, 0) is 6.54 Å². The molecule has 1 heterocycles. The van der Waals surface area contributed by atoms with Gasteiger partial charge in [-0.05, 0) is 17.7 Å². The molecule has 3 heteroatoms. The predicted octanol–water partition coefficient (Wildman–Crippen LogP) is 1.32. The topological polar surface area (TPSA) is 40.7 Å². The van der Waals surface area contributed by atoms with Gasteiger partial charge in [0.1, 0.15) is 0 Å². The number of nitrogens with one attached hydrogen (secondary N) is 2. The highest BCUT2D eigenvalue weighted by atomic mass is 14.9. The molecule has 60 valence electrons. The first-order valence-corrected chi connectivity index (χ1v) is 3.75. The minimum absolute atomic E-state index is 0.676. The average Bonchev–Trinajstić information content (AvgIpc) is 2.51. The second kappa shape index (κ2) is 2.95. The lowest BCUT2D eigenvalue weighted by atomic mass is 10.2. The predicted molar refractivity (Wildman–Crippen MR) is 47.2 cm³/mol. The standard InChI is InChI=1S/C9H9N3/c1-10-5-7-2-3-8-9(4-7)12-6-11-8/h1-4,6,10H,5H2,(H,11,12). The van der Waals surface area contributed by atoms with Crippen LogP contribution in [0.4, 0.5) is 0 Å². The van der Waals surface area contributed by atoms with Crippen molar-refractivity contribution in [2.75, 3.05) is 0 Å². The number of rotatable bonds is 2. The molecule has 0 atom stereocenters. The Kier molecular flexibility index (Phi) is 1.80. The highest BCUT2D eigenvalue weighted by Crippen LogP contribution is 2.10. The molecule has 0 unspecified atom stereocenters. The molecule has 0 spiro atoms. The minimum atomic E-state index is 0.676. The Balaban J connectivity index is 2.46. The van der Waals surface area contributed by atoms with Crippen LogP contribution in [0.1, 0.15) is 5.56 Å². The number of imidazole rings is 1. The van der Waals surface area contributed by atoms with E-state index < -0.39 is 0 Å². The number of H-pyrrole nitrogens is 1. The van der Waals surface area contributed by atoms with Crippen LogP contribution in [0.2, 0.25) is 0 Å². The molecule has 0 bridgehead atoms. The third-order valence-corrected chi connectivity index (χ3v) is 1.79. The van der Waals surface area contributed by atoms with Gasteiger partial charge in [0.05, 0.1) is 17.4 Å². The molecule has 2 aromatic rings. The van der Waals surface area contributed by atoms with Crippen molar-refractivity contribution in [3.8, 4) is 0 Å². The smallest absolute Gasteiger partial charge is 0.0931 e. The van der Waals surface area contributed by atoms with Gasteiger partial charge in [-0.3, -0.25) is 0 Å². The molecule has 12 heavy (non-hydrogen) atoms. The van der Waals surface area contributed by atoms with Gasteiger partial charge in [-0.25, -0.2) is 4.98 Å². The largest absolute Gasteiger partial charge is 0.345 e. The maximum Gasteiger partial charge on any atom is 0.0931 e. The highest BCUT2D eigenvalue weighted by molar-refractivity contribution is 5.74. The first-order chi connectivity index (χ1) is 5.90. The fourth-order valence-electron chi connectivity index (χ4n) is 1.21. The van der Waals surface area contributed by atoms with Crippen LogP contribution in [0, 0.1) is 7.05 Å². The number of hydrogen-bond acceptors (Lipinski definition) is 2. The van der Waals surface area contributed by atoms with E-state index in [2.05, 4.69) is 15.3 Å². The molecule has 0 aliphatic rings. The normalized spacial score (nSPS) is 10.8. The van der Waals surface area contributed by atoms with Gasteiger partial charge in [0.25, 0.3) is 0 Å². The first-order valence-electron chi connectivity index (χ1n) is 3.75. The van der Waals surface area contributed by atoms with Gasteiger partial charge >= 0.3 is 0 Å². The second-order valence-electron chi connectivity index (χ2n) is 2.63. The molecule has 0 fully saturated rings. The fraction of sp³-hybridized carbons (Fsp3) is 0.111. The zero-order valence-corrected chi connectivity index (χ0v) is 6.54. The maximum atomic E-state index is 5.20. The number of nitrogens with zero attached hydrogens (tertiary/aromatic N) is 1. The van der Waals surface area contributed by atoms with Crippen molar-refractivity contribution in [3.63, 3.8) is 0 Å². The van der Waals surface area contributed by atoms with Crippen molar-refractivity contribution >= 4 is 11.0 Å². The summed E-state index contributed by atoms with van der Waals surface area (Å²) in [6.45, 7) is 0.676. The molecule has 0 amide bonds. The van der Waals surface area contributed by atoms with Gasteiger partial charge in [0, 0.05) is 13.6 Å². The first kappa shape index (κ1) is 7.31. The van der Waals surface area contributed by atoms with Gasteiger partial charge in [0.15, 0.2) is 0 Å². The second-order valence-corrected chi connectivity index (χ2v) is 2.63. The lowest BCUT2D eigenvalue weighted by Crippen LogP contribution is -2.01. The van der Waals surface area contributed by atoms with Gasteiger partial charge in [0.2, 0.25) is 0 Å². The van der Waals surface area contributed by atoms with Crippen molar-refractivity contribution in [3.05, 3.63) is 37.1 Å². The van der Waals surface area contributed by atoms with Crippen molar-refractivity contribution in [2.24, 2.45) is 0 Å². The molecule has 0 saturated carbocycles. The lowest BCUT2D eigenvalue weighted by molar-refractivity contribution is 0.867. The Hall–Kier alpha value is -1.35. The fourth-order valence-corrected chi connectivity index (χ4v) is 1.21. The number of hydrogen-bond donors (Lipinski definition) is 2. The van der Waals surface area contributed by atoms with E-state index in [0.29, 0.717) is 6.54 Å². The van der Waals surface area contributed by atoms with E-state index >= 15 is 0 Å². The van der Waals surface area contributed by atoms with Gasteiger partial charge in [-0.1, -0.05) is 6.07 Å². The van der Waals surface area contributed by atoms with E-state index in [1.54, 1.807) is 6.33 Å². The van der Waals surface area contributed by atoms with E-state index in [1.165, 1.54) is 0 Å². The Bertz CT molecular complexity index is 378. The molecule has 1 aromatic carbocycles. The Labute approximate surface area is 70.8 Å². The number of aromatic amines is 1. The average molecular weight is 159 g/mol. The molecule has 2 N–H and O–H groups in total. The van der Waals surface area contributed by atoms with Crippen LogP contribution in [0.25, 0.3) is 11.0 Å². The molecule has 3 nitrogen and oxygen atoms in total. The van der Waals surface area contributed by atoms with Crippen LogP contribution in [0.5, 0.6) is 0 Å². The molecule has 1 aromatic heterocycles. The summed E-state index contributed by atoms with van der Waals surface area (Å²) in [4.78, 5) is 7.15. The van der Waals surface area contributed by atoms with Crippen molar-refractivity contribution < 1.29 is 0 Å². The molecule has 0 aliphatic heterocycles. The van der Waals surface area contributed by atoms with Crippen LogP contribution in [-0.4, -0.2) is 9.97 Å². The van der Waals surface area contributed by atoms with Crippen LogP contribution in [0.15, 0.2) is 24.5 Å². The van der Waals surface area contributed by atoms with E-state index in [0.717, 1.165) is 16.6 Å². The summed E-state index contributed by atoms with van der Waals surface area (Å²) in [6, 6.07) is 6.00. The summed E-state index contributed by atoms with van der Waals surface area (Å²) < 4.78 is 0. The van der Waals surface area contributed by atoms with E-state index in [1.807, 2.05) is 18.2 Å². The Morgan fingerprint density at radius 1 is 1.50 bits per heavy atom. The minimum Gasteiger partial charge on any atom is -0.345 e. The van der Waals surface area contributed by atoms with Gasteiger partial charge in [-0.2, -0.15) is 0 Å². The lowest BCUT2D eigenvalue weighted by Gasteiger charge is -1.97. The summed E-state index contributed by atoms with van der Waals surface area (Å²) in [7, 11) is 5.20. The summed E-state index contributed by atoms with van der Waals surface area (Å²) in [5.41, 5.74) is 3.17. The zero-order chi connectivity index (χ0) is 8.39. The molecule has 0 aliphatic carbocycles. The Morgan fingerprint density at radius 2 is 2.42 bits per heavy atom. The summed E-state index contributed by atoms with van der Waals surface area (Å²) in [6.07, 6.45) is 1.68. The zero-order valence-electron chi connectivity index (χ0n) is 6.54. The van der Waals surface area contributed by atoms with Crippen LogP contribution >= 0.6 is 0 Å². The van der Waals surface area contributed by atoms with Crippen molar-refractivity contribution in [1.29, 1.82) is 0 Å². The van der Waals surface area contributed by atoms with E-state index in [-0.39, 0.29) is 0 Å². The SMILES string of the molecule is [CH]NCc1ccc2nc[nH]c2c1. The third kappa shape index (κ3) is 1.19. The molecular weight excluding hydrogens is 150 g/mol. The molecule has 0 saturated heterocycles. The van der Waals surface area contributed by atoms with Crippen LogP contribution in [0.3, 0.4) is 0 Å². The van der Waals surface area contributed by atoms with E-state index in [9.17, 15) is 0 Å². The van der Waals surface area contributed by atoms with Crippen LogP contribution < -0.4 is 5.32 Å². The van der Waals surface area contributed by atoms with Gasteiger partial charge in [-0.15, -0.1) is 0 Å². The number of fused-ring (bicyclic) bond motifs is 1. The highest BCUT2D eigenvalue weighted by Gasteiger charge is 1.96. The number of benzene rings is 1. The third-order valence-electron chi connectivity index (χ3n) is 1.79. The van der Waals surface area contributed by atoms with Crippen molar-refractivity contribution in [2.45, 2.75) is 6.54 Å². The number of aromatic nitrogens is 2. The molecule has 2 rings (SSSR count). The van der Waals surface area contributed by atoms with Gasteiger partial charge < -0.3 is 10.3 Å². The summed E-state index contributed by atoms with van der Waals surface area (Å²) in [5, 5.41) is 2.61. The Morgan fingerprint density at radius 3 is 3.25 bits per heavy atom.